The van der Waals surface area contributed by atoms with Crippen molar-refractivity contribution in [3.05, 3.63) is 0 Å². The van der Waals surface area contributed by atoms with Gasteiger partial charge >= 0.3 is 5.97 Å². The molecule has 0 aromatic carbocycles. The van der Waals surface area contributed by atoms with Crippen LogP contribution in [0.2, 0.25) is 0 Å². The van der Waals surface area contributed by atoms with E-state index in [9.17, 15) is 9.59 Å². The molecule has 3 nitrogen and oxygen atoms in total. The Morgan fingerprint density at radius 1 is 1.38 bits per heavy atom. The van der Waals surface area contributed by atoms with Gasteiger partial charge in [0, 0.05) is 12.8 Å². The minimum Gasteiger partial charge on any atom is -0.481 e. The van der Waals surface area contributed by atoms with Crippen molar-refractivity contribution in [3.8, 4) is 0 Å². The summed E-state index contributed by atoms with van der Waals surface area (Å²) in [5, 5.41) is 9.11. The highest BCUT2D eigenvalue weighted by molar-refractivity contribution is 5.85. The van der Waals surface area contributed by atoms with Gasteiger partial charge in [-0.25, -0.2) is 0 Å². The molecule has 0 saturated heterocycles. The van der Waals surface area contributed by atoms with E-state index in [-0.39, 0.29) is 5.78 Å². The van der Waals surface area contributed by atoms with Gasteiger partial charge in [-0.05, 0) is 18.8 Å². The Balaban J connectivity index is 2.99. The van der Waals surface area contributed by atoms with Gasteiger partial charge in [-0.15, -0.1) is 0 Å². The van der Waals surface area contributed by atoms with Crippen LogP contribution in [0.3, 0.4) is 0 Å². The van der Waals surface area contributed by atoms with E-state index in [4.69, 9.17) is 5.11 Å². The maximum atomic E-state index is 11.2. The summed E-state index contributed by atoms with van der Waals surface area (Å²) in [5.74, 6) is -0.603. The first kappa shape index (κ1) is 10.2. The summed E-state index contributed by atoms with van der Waals surface area (Å²) in [6.07, 6.45) is 1.26. The molecule has 13 heavy (non-hydrogen) atoms. The van der Waals surface area contributed by atoms with E-state index in [1.807, 2.05) is 13.8 Å². The van der Waals surface area contributed by atoms with Crippen LogP contribution in [-0.4, -0.2) is 16.9 Å². The summed E-state index contributed by atoms with van der Waals surface area (Å²) >= 11 is 0. The lowest BCUT2D eigenvalue weighted by Gasteiger charge is -2.43. The van der Waals surface area contributed by atoms with Gasteiger partial charge in [0.1, 0.15) is 5.78 Å². The molecule has 3 heteroatoms. The second kappa shape index (κ2) is 2.82. The summed E-state index contributed by atoms with van der Waals surface area (Å²) in [5.41, 5.74) is -1.17. The van der Waals surface area contributed by atoms with Gasteiger partial charge in [-0.1, -0.05) is 13.8 Å². The second-order valence-electron chi connectivity index (χ2n) is 4.74. The molecular weight excluding hydrogens is 168 g/mol. The maximum absolute atomic E-state index is 11.2. The molecule has 0 heterocycles. The number of hydrogen-bond donors (Lipinski definition) is 1. The third-order valence-electron chi connectivity index (χ3n) is 3.51. The molecule has 0 bridgehead atoms. The van der Waals surface area contributed by atoms with Crippen molar-refractivity contribution in [3.63, 3.8) is 0 Å². The van der Waals surface area contributed by atoms with Crippen molar-refractivity contribution in [2.24, 2.45) is 10.8 Å². The van der Waals surface area contributed by atoms with Crippen LogP contribution >= 0.6 is 0 Å². The molecule has 1 atom stereocenters. The van der Waals surface area contributed by atoms with Crippen LogP contribution < -0.4 is 0 Å². The van der Waals surface area contributed by atoms with Crippen LogP contribution in [-0.2, 0) is 9.59 Å². The molecule has 1 aliphatic rings. The van der Waals surface area contributed by atoms with E-state index in [1.54, 1.807) is 6.92 Å². The molecule has 0 aromatic rings. The Bertz CT molecular complexity index is 255. The summed E-state index contributed by atoms with van der Waals surface area (Å²) in [4.78, 5) is 22.3. The first-order chi connectivity index (χ1) is 5.79. The molecule has 0 aromatic heterocycles. The quantitative estimate of drug-likeness (QED) is 0.676. The number of hydrogen-bond acceptors (Lipinski definition) is 2. The molecule has 0 spiro atoms. The lowest BCUT2D eigenvalue weighted by molar-refractivity contribution is -0.160. The zero-order chi connectivity index (χ0) is 10.3. The number of rotatable bonds is 1. The van der Waals surface area contributed by atoms with Crippen molar-refractivity contribution < 1.29 is 14.7 Å². The summed E-state index contributed by atoms with van der Waals surface area (Å²) in [7, 11) is 0. The topological polar surface area (TPSA) is 54.4 Å². The Kier molecular flexibility index (Phi) is 2.22. The van der Waals surface area contributed by atoms with Gasteiger partial charge in [0.25, 0.3) is 0 Å². The Morgan fingerprint density at radius 3 is 2.31 bits per heavy atom. The van der Waals surface area contributed by atoms with Crippen molar-refractivity contribution in [2.45, 2.75) is 40.0 Å². The van der Waals surface area contributed by atoms with Crippen LogP contribution in [0, 0.1) is 10.8 Å². The van der Waals surface area contributed by atoms with Crippen molar-refractivity contribution in [1.29, 1.82) is 0 Å². The average molecular weight is 184 g/mol. The van der Waals surface area contributed by atoms with E-state index in [0.717, 1.165) is 0 Å². The van der Waals surface area contributed by atoms with E-state index in [0.29, 0.717) is 19.3 Å². The molecule has 1 fully saturated rings. The van der Waals surface area contributed by atoms with Gasteiger partial charge in [-0.2, -0.15) is 0 Å². The highest BCUT2D eigenvalue weighted by Gasteiger charge is 2.50. The lowest BCUT2D eigenvalue weighted by Crippen LogP contribution is -2.46. The van der Waals surface area contributed by atoms with Gasteiger partial charge in [0.15, 0.2) is 0 Å². The predicted octanol–water partition coefficient (Wildman–Crippen LogP) is 1.86. The average Bonchev–Trinajstić information content (AvgIpc) is 1.96. The number of carbonyl (C=O) groups excluding carboxylic acids is 1. The zero-order valence-electron chi connectivity index (χ0n) is 8.39. The van der Waals surface area contributed by atoms with E-state index < -0.39 is 16.8 Å². The fraction of sp³-hybridized carbons (Fsp3) is 0.800. The van der Waals surface area contributed by atoms with Crippen LogP contribution in [0.1, 0.15) is 40.0 Å². The van der Waals surface area contributed by atoms with Gasteiger partial charge in [0.2, 0.25) is 0 Å². The monoisotopic (exact) mass is 184 g/mol. The first-order valence-corrected chi connectivity index (χ1v) is 4.55. The molecule has 1 aliphatic carbocycles. The Labute approximate surface area is 78.1 Å². The van der Waals surface area contributed by atoms with Crippen molar-refractivity contribution in [2.75, 3.05) is 0 Å². The molecule has 0 amide bonds. The number of ketones is 1. The minimum absolute atomic E-state index is 0.184. The number of Topliss-reactive ketones (excluding diaryl/α,β-unsaturated/α-hetero) is 1. The van der Waals surface area contributed by atoms with Crippen LogP contribution in [0.25, 0.3) is 0 Å². The van der Waals surface area contributed by atoms with Crippen LogP contribution in [0.4, 0.5) is 0 Å². The summed E-state index contributed by atoms with van der Waals surface area (Å²) < 4.78 is 0. The maximum Gasteiger partial charge on any atom is 0.309 e. The number of carbonyl (C=O) groups is 2. The fourth-order valence-corrected chi connectivity index (χ4v) is 1.90. The molecule has 1 rings (SSSR count). The smallest absolute Gasteiger partial charge is 0.309 e. The molecule has 74 valence electrons. The molecule has 0 unspecified atom stereocenters. The molecule has 0 radical (unpaired) electrons. The molecule has 1 N–H and O–H groups in total. The number of carboxylic acids is 1. The van der Waals surface area contributed by atoms with Crippen molar-refractivity contribution in [1.82, 2.24) is 0 Å². The van der Waals surface area contributed by atoms with Crippen molar-refractivity contribution >= 4 is 11.8 Å². The SMILES string of the molecule is CC1(C)CC(=O)CC[C@]1(C)C(=O)O. The summed E-state index contributed by atoms with van der Waals surface area (Å²) in [6.45, 7) is 5.46. The molecule has 1 saturated carbocycles. The minimum atomic E-state index is -0.787. The first-order valence-electron chi connectivity index (χ1n) is 4.55. The molecular formula is C10H16O3. The molecule has 0 aliphatic heterocycles. The number of aliphatic carboxylic acids is 1. The Morgan fingerprint density at radius 2 is 1.92 bits per heavy atom. The predicted molar refractivity (Wildman–Crippen MR) is 48.4 cm³/mol. The fourth-order valence-electron chi connectivity index (χ4n) is 1.90. The summed E-state index contributed by atoms with van der Waals surface area (Å²) in [6, 6.07) is 0. The van der Waals surface area contributed by atoms with Crippen LogP contribution in [0.5, 0.6) is 0 Å². The van der Waals surface area contributed by atoms with Gasteiger partial charge in [0.05, 0.1) is 5.41 Å². The van der Waals surface area contributed by atoms with Crippen LogP contribution in [0.15, 0.2) is 0 Å². The normalized spacial score (nSPS) is 33.0. The third-order valence-corrected chi connectivity index (χ3v) is 3.51. The van der Waals surface area contributed by atoms with Gasteiger partial charge in [-0.3, -0.25) is 9.59 Å². The standard InChI is InChI=1S/C10H16O3/c1-9(2)6-7(11)4-5-10(9,3)8(12)13/h4-6H2,1-3H3,(H,12,13)/t10-/m1/s1. The van der Waals surface area contributed by atoms with E-state index in [2.05, 4.69) is 0 Å². The lowest BCUT2D eigenvalue weighted by atomic mass is 9.58. The third kappa shape index (κ3) is 1.47. The zero-order valence-corrected chi connectivity index (χ0v) is 8.39. The highest BCUT2D eigenvalue weighted by Crippen LogP contribution is 2.48. The Hall–Kier alpha value is -0.860. The van der Waals surface area contributed by atoms with E-state index >= 15 is 0 Å². The second-order valence-corrected chi connectivity index (χ2v) is 4.74. The largest absolute Gasteiger partial charge is 0.481 e. The van der Waals surface area contributed by atoms with Gasteiger partial charge < -0.3 is 5.11 Å². The number of carboxylic acid groups (broad SMARTS) is 1. The van der Waals surface area contributed by atoms with E-state index in [1.165, 1.54) is 0 Å². The highest BCUT2D eigenvalue weighted by atomic mass is 16.4.